The van der Waals surface area contributed by atoms with Crippen LogP contribution in [0, 0.1) is 0 Å². The lowest BCUT2D eigenvalue weighted by atomic mass is 10.0. The molecule has 0 aromatic heterocycles. The third-order valence-corrected chi connectivity index (χ3v) is 4.90. The van der Waals surface area contributed by atoms with Crippen LogP contribution >= 0.6 is 23.2 Å². The lowest BCUT2D eigenvalue weighted by Gasteiger charge is -2.08. The van der Waals surface area contributed by atoms with Gasteiger partial charge >= 0.3 is 0 Å². The molecule has 4 nitrogen and oxygen atoms in total. The third kappa shape index (κ3) is 3.65. The smallest absolute Gasteiger partial charge is 0.257 e. The van der Waals surface area contributed by atoms with Gasteiger partial charge in [0.05, 0.1) is 10.6 Å². The zero-order valence-corrected chi connectivity index (χ0v) is 16.0. The van der Waals surface area contributed by atoms with E-state index in [1.54, 1.807) is 66.7 Å². The molecule has 0 radical (unpaired) electrons. The van der Waals surface area contributed by atoms with E-state index in [-0.39, 0.29) is 11.8 Å². The van der Waals surface area contributed by atoms with Crippen LogP contribution in [0.25, 0.3) is 11.6 Å². The number of halogens is 2. The quantitative estimate of drug-likeness (QED) is 0.542. The summed E-state index contributed by atoms with van der Waals surface area (Å²) in [7, 11) is 0. The van der Waals surface area contributed by atoms with Gasteiger partial charge in [-0.1, -0.05) is 47.5 Å². The molecule has 0 fully saturated rings. The Hall–Kier alpha value is -3.08. The maximum atomic E-state index is 12.5. The van der Waals surface area contributed by atoms with Crippen molar-refractivity contribution in [2.24, 2.45) is 0 Å². The number of carbonyl (C=O) groups is 2. The molecule has 0 bridgehead atoms. The number of amides is 2. The zero-order chi connectivity index (χ0) is 19.7. The molecule has 1 aliphatic heterocycles. The molecule has 1 heterocycles. The van der Waals surface area contributed by atoms with Crippen LogP contribution in [-0.2, 0) is 4.79 Å². The summed E-state index contributed by atoms with van der Waals surface area (Å²) >= 11 is 12.1. The summed E-state index contributed by atoms with van der Waals surface area (Å²) in [5.74, 6) is -0.492. The standard InChI is InChI=1S/C22H14Cl2N2O2/c23-14-8-9-20-17(12-14)18(22(28)26-20)11-13-4-3-5-15(10-13)25-21(27)16-6-1-2-7-19(16)24/h1-12H,(H,25,27)(H,26,28)/b18-11-. The van der Waals surface area contributed by atoms with Crippen LogP contribution in [0.3, 0.4) is 0 Å². The fourth-order valence-corrected chi connectivity index (χ4v) is 3.41. The summed E-state index contributed by atoms with van der Waals surface area (Å²) in [6, 6.07) is 19.3. The van der Waals surface area contributed by atoms with Gasteiger partial charge in [0.2, 0.25) is 0 Å². The van der Waals surface area contributed by atoms with Crippen molar-refractivity contribution in [3.8, 4) is 0 Å². The highest BCUT2D eigenvalue weighted by atomic mass is 35.5. The molecule has 6 heteroatoms. The average molecular weight is 409 g/mol. The van der Waals surface area contributed by atoms with E-state index < -0.39 is 0 Å². The first-order valence-corrected chi connectivity index (χ1v) is 9.26. The molecule has 0 saturated heterocycles. The van der Waals surface area contributed by atoms with Crippen molar-refractivity contribution in [2.75, 3.05) is 10.6 Å². The van der Waals surface area contributed by atoms with Gasteiger partial charge in [-0.05, 0) is 54.1 Å². The maximum absolute atomic E-state index is 12.5. The third-order valence-electron chi connectivity index (χ3n) is 4.34. The first-order valence-electron chi connectivity index (χ1n) is 8.50. The van der Waals surface area contributed by atoms with E-state index >= 15 is 0 Å². The summed E-state index contributed by atoms with van der Waals surface area (Å²) in [5, 5.41) is 6.59. The Morgan fingerprint density at radius 2 is 1.79 bits per heavy atom. The van der Waals surface area contributed by atoms with Crippen LogP contribution in [-0.4, -0.2) is 11.8 Å². The largest absolute Gasteiger partial charge is 0.322 e. The van der Waals surface area contributed by atoms with Crippen LogP contribution in [0.15, 0.2) is 66.7 Å². The van der Waals surface area contributed by atoms with E-state index in [9.17, 15) is 9.59 Å². The van der Waals surface area contributed by atoms with Gasteiger partial charge in [-0.2, -0.15) is 0 Å². The predicted molar refractivity (Wildman–Crippen MR) is 114 cm³/mol. The van der Waals surface area contributed by atoms with Gasteiger partial charge in [-0.15, -0.1) is 0 Å². The van der Waals surface area contributed by atoms with Crippen LogP contribution in [0.1, 0.15) is 21.5 Å². The summed E-state index contributed by atoms with van der Waals surface area (Å²) in [6.45, 7) is 0. The number of benzene rings is 3. The van der Waals surface area contributed by atoms with Crippen molar-refractivity contribution in [2.45, 2.75) is 0 Å². The summed E-state index contributed by atoms with van der Waals surface area (Å²) < 4.78 is 0. The Balaban J connectivity index is 1.63. The SMILES string of the molecule is O=C1Nc2ccc(Cl)cc2/C1=C/c1cccc(NC(=O)c2ccccc2Cl)c1. The van der Waals surface area contributed by atoms with Gasteiger partial charge in [0.25, 0.3) is 11.8 Å². The van der Waals surface area contributed by atoms with Crippen LogP contribution in [0.2, 0.25) is 10.0 Å². The lowest BCUT2D eigenvalue weighted by molar-refractivity contribution is -0.110. The topological polar surface area (TPSA) is 58.2 Å². The highest BCUT2D eigenvalue weighted by Crippen LogP contribution is 2.35. The minimum absolute atomic E-state index is 0.192. The van der Waals surface area contributed by atoms with E-state index in [0.717, 1.165) is 16.8 Å². The van der Waals surface area contributed by atoms with E-state index in [0.29, 0.717) is 26.9 Å². The van der Waals surface area contributed by atoms with Crippen molar-refractivity contribution in [1.82, 2.24) is 0 Å². The number of nitrogens with one attached hydrogen (secondary N) is 2. The normalized spacial score (nSPS) is 13.9. The van der Waals surface area contributed by atoms with Crippen LogP contribution in [0.5, 0.6) is 0 Å². The minimum atomic E-state index is -0.300. The highest BCUT2D eigenvalue weighted by Gasteiger charge is 2.24. The molecule has 138 valence electrons. The molecule has 0 saturated carbocycles. The second-order valence-electron chi connectivity index (χ2n) is 6.26. The molecule has 3 aromatic rings. The molecule has 28 heavy (non-hydrogen) atoms. The van der Waals surface area contributed by atoms with E-state index in [2.05, 4.69) is 10.6 Å². The summed E-state index contributed by atoms with van der Waals surface area (Å²) in [4.78, 5) is 24.8. The molecule has 0 atom stereocenters. The second kappa shape index (κ2) is 7.50. The highest BCUT2D eigenvalue weighted by molar-refractivity contribution is 6.37. The molecule has 0 aliphatic carbocycles. The van der Waals surface area contributed by atoms with Crippen LogP contribution < -0.4 is 10.6 Å². The maximum Gasteiger partial charge on any atom is 0.257 e. The van der Waals surface area contributed by atoms with Crippen molar-refractivity contribution >= 4 is 58.0 Å². The summed E-state index contributed by atoms with van der Waals surface area (Å²) in [6.07, 6.45) is 1.77. The van der Waals surface area contributed by atoms with E-state index in [1.807, 2.05) is 6.07 Å². The molecular formula is C22H14Cl2N2O2. The molecular weight excluding hydrogens is 395 g/mol. The Kier molecular flexibility index (Phi) is 4.90. The number of fused-ring (bicyclic) bond motifs is 1. The molecule has 1 aliphatic rings. The first kappa shape index (κ1) is 18.3. The predicted octanol–water partition coefficient (Wildman–Crippen LogP) is 5.74. The molecule has 4 rings (SSSR count). The molecule has 0 unspecified atom stereocenters. The number of hydrogen-bond donors (Lipinski definition) is 2. The Bertz CT molecular complexity index is 1140. The monoisotopic (exact) mass is 408 g/mol. The molecule has 2 N–H and O–H groups in total. The van der Waals surface area contributed by atoms with Gasteiger partial charge < -0.3 is 10.6 Å². The van der Waals surface area contributed by atoms with Gasteiger partial charge in [0.15, 0.2) is 0 Å². The number of anilines is 2. The Labute approximate surface area is 171 Å². The van der Waals surface area contributed by atoms with Crippen molar-refractivity contribution in [1.29, 1.82) is 0 Å². The van der Waals surface area contributed by atoms with Crippen molar-refractivity contribution in [3.05, 3.63) is 93.5 Å². The minimum Gasteiger partial charge on any atom is -0.322 e. The van der Waals surface area contributed by atoms with Crippen LogP contribution in [0.4, 0.5) is 11.4 Å². The number of hydrogen-bond acceptors (Lipinski definition) is 2. The fourth-order valence-electron chi connectivity index (χ4n) is 3.02. The van der Waals surface area contributed by atoms with Gasteiger partial charge in [0, 0.05) is 27.5 Å². The van der Waals surface area contributed by atoms with E-state index in [4.69, 9.17) is 23.2 Å². The number of carbonyl (C=O) groups excluding carboxylic acids is 2. The Morgan fingerprint density at radius 3 is 2.61 bits per heavy atom. The van der Waals surface area contributed by atoms with E-state index in [1.165, 1.54) is 0 Å². The lowest BCUT2D eigenvalue weighted by Crippen LogP contribution is -2.12. The fraction of sp³-hybridized carbons (Fsp3) is 0. The summed E-state index contributed by atoms with van der Waals surface area (Å²) in [5.41, 5.74) is 3.77. The Morgan fingerprint density at radius 1 is 0.964 bits per heavy atom. The zero-order valence-electron chi connectivity index (χ0n) is 14.5. The molecule has 0 spiro atoms. The second-order valence-corrected chi connectivity index (χ2v) is 7.11. The van der Waals surface area contributed by atoms with Gasteiger partial charge in [-0.3, -0.25) is 9.59 Å². The first-order chi connectivity index (χ1) is 13.5. The van der Waals surface area contributed by atoms with Gasteiger partial charge in [0.1, 0.15) is 0 Å². The molecule has 2 amide bonds. The number of rotatable bonds is 3. The van der Waals surface area contributed by atoms with Crippen molar-refractivity contribution in [3.63, 3.8) is 0 Å². The van der Waals surface area contributed by atoms with Gasteiger partial charge in [-0.25, -0.2) is 0 Å². The van der Waals surface area contributed by atoms with Crippen molar-refractivity contribution < 1.29 is 9.59 Å². The average Bonchev–Trinajstić information content (AvgIpc) is 2.97. The molecule has 3 aromatic carbocycles.